The Hall–Kier alpha value is -2.01. The molecule has 2 aliphatic rings. The molecule has 142 valence electrons. The number of hydrogen-bond acceptors (Lipinski definition) is 5. The summed E-state index contributed by atoms with van der Waals surface area (Å²) in [6, 6.07) is 6.04. The van der Waals surface area contributed by atoms with Crippen molar-refractivity contribution in [2.75, 3.05) is 19.9 Å². The lowest BCUT2D eigenvalue weighted by Gasteiger charge is -2.29. The molecule has 3 rings (SSSR count). The summed E-state index contributed by atoms with van der Waals surface area (Å²) in [6.07, 6.45) is 5.15. The molecule has 0 spiro atoms. The fraction of sp³-hybridized carbons (Fsp3) is 0.571. The number of rotatable bonds is 6. The first-order valence-corrected chi connectivity index (χ1v) is 9.38. The van der Waals surface area contributed by atoms with Gasteiger partial charge in [0.25, 0.3) is 0 Å². The molecule has 1 N–H and O–H groups in total. The van der Waals surface area contributed by atoms with Gasteiger partial charge in [0, 0.05) is 18.5 Å². The van der Waals surface area contributed by atoms with Crippen LogP contribution in [0.3, 0.4) is 0 Å². The average Bonchev–Trinajstić information content (AvgIpc) is 3.20. The van der Waals surface area contributed by atoms with Gasteiger partial charge >= 0.3 is 5.97 Å². The zero-order chi connectivity index (χ0) is 18.7. The van der Waals surface area contributed by atoms with Crippen molar-refractivity contribution >= 4 is 5.97 Å². The molecule has 1 aromatic carbocycles. The SMILES string of the molecule is CC=CC(C)(C)C[C@H]1NC[C@H](c2ccc3c(c2)OCO3)[C@@H]1C(=O)OCC. The van der Waals surface area contributed by atoms with Crippen molar-refractivity contribution in [3.8, 4) is 11.5 Å². The molecule has 1 aromatic rings. The number of nitrogens with one attached hydrogen (secondary N) is 1. The number of carbonyl (C=O) groups is 1. The highest BCUT2D eigenvalue weighted by molar-refractivity contribution is 5.75. The fourth-order valence-electron chi connectivity index (χ4n) is 4.13. The maximum Gasteiger partial charge on any atom is 0.311 e. The Morgan fingerprint density at radius 2 is 2.12 bits per heavy atom. The lowest BCUT2D eigenvalue weighted by atomic mass is 9.78. The molecule has 0 aromatic heterocycles. The van der Waals surface area contributed by atoms with E-state index >= 15 is 0 Å². The Balaban J connectivity index is 1.86. The summed E-state index contributed by atoms with van der Waals surface area (Å²) in [7, 11) is 0. The maximum atomic E-state index is 12.8. The van der Waals surface area contributed by atoms with Gasteiger partial charge in [-0.1, -0.05) is 32.1 Å². The third kappa shape index (κ3) is 3.88. The lowest BCUT2D eigenvalue weighted by Crippen LogP contribution is -2.37. The molecule has 0 radical (unpaired) electrons. The molecule has 5 heteroatoms. The first-order valence-electron chi connectivity index (χ1n) is 9.38. The molecule has 0 unspecified atom stereocenters. The second-order valence-corrected chi connectivity index (χ2v) is 7.70. The molecular formula is C21H29NO4. The van der Waals surface area contributed by atoms with E-state index < -0.39 is 0 Å². The highest BCUT2D eigenvalue weighted by atomic mass is 16.7. The van der Waals surface area contributed by atoms with Gasteiger partial charge in [-0.2, -0.15) is 0 Å². The van der Waals surface area contributed by atoms with E-state index in [4.69, 9.17) is 14.2 Å². The predicted molar refractivity (Wildman–Crippen MR) is 100 cm³/mol. The van der Waals surface area contributed by atoms with Crippen LogP contribution >= 0.6 is 0 Å². The monoisotopic (exact) mass is 359 g/mol. The van der Waals surface area contributed by atoms with E-state index in [9.17, 15) is 4.79 Å². The van der Waals surface area contributed by atoms with E-state index in [1.54, 1.807) is 0 Å². The van der Waals surface area contributed by atoms with Crippen LogP contribution in [0.4, 0.5) is 0 Å². The minimum Gasteiger partial charge on any atom is -0.466 e. The van der Waals surface area contributed by atoms with E-state index in [2.05, 4.69) is 31.3 Å². The van der Waals surface area contributed by atoms with Crippen LogP contribution in [0.1, 0.15) is 45.6 Å². The Morgan fingerprint density at radius 1 is 1.35 bits per heavy atom. The van der Waals surface area contributed by atoms with E-state index in [1.807, 2.05) is 32.0 Å². The molecule has 1 fully saturated rings. The molecular weight excluding hydrogens is 330 g/mol. The normalized spacial score (nSPS) is 25.0. The zero-order valence-electron chi connectivity index (χ0n) is 16.1. The molecule has 2 heterocycles. The van der Waals surface area contributed by atoms with E-state index in [-0.39, 0.29) is 36.1 Å². The number of allylic oxidation sites excluding steroid dienone is 2. The third-order valence-corrected chi connectivity index (χ3v) is 5.21. The number of ether oxygens (including phenoxy) is 3. The smallest absolute Gasteiger partial charge is 0.311 e. The Labute approximate surface area is 155 Å². The van der Waals surface area contributed by atoms with Crippen LogP contribution in [-0.4, -0.2) is 32.0 Å². The van der Waals surface area contributed by atoms with Crippen LogP contribution in [0.5, 0.6) is 11.5 Å². The summed E-state index contributed by atoms with van der Waals surface area (Å²) in [5, 5.41) is 3.57. The average molecular weight is 359 g/mol. The topological polar surface area (TPSA) is 56.8 Å². The molecule has 2 aliphatic heterocycles. The van der Waals surface area contributed by atoms with Gasteiger partial charge in [0.2, 0.25) is 6.79 Å². The molecule has 0 amide bonds. The fourth-order valence-corrected chi connectivity index (χ4v) is 4.13. The van der Waals surface area contributed by atoms with Crippen LogP contribution in [-0.2, 0) is 9.53 Å². The number of esters is 1. The van der Waals surface area contributed by atoms with E-state index in [1.165, 1.54) is 0 Å². The molecule has 0 bridgehead atoms. The van der Waals surface area contributed by atoms with Crippen molar-refractivity contribution in [2.24, 2.45) is 11.3 Å². The third-order valence-electron chi connectivity index (χ3n) is 5.21. The standard InChI is InChI=1S/C21H29NO4/c1-5-9-21(3,4)11-16-19(20(23)24-6-2)15(12-22-16)14-7-8-17-18(10-14)26-13-25-17/h5,7-10,15-16,19,22H,6,11-13H2,1-4H3/t15-,16-,19+/m1/s1. The summed E-state index contributed by atoms with van der Waals surface area (Å²) in [4.78, 5) is 12.8. The van der Waals surface area contributed by atoms with Crippen LogP contribution in [0, 0.1) is 11.3 Å². The Bertz CT molecular complexity index is 683. The molecule has 0 saturated carbocycles. The van der Waals surface area contributed by atoms with Crippen LogP contribution in [0.25, 0.3) is 0 Å². The summed E-state index contributed by atoms with van der Waals surface area (Å²) in [5.41, 5.74) is 1.10. The second kappa shape index (κ2) is 7.70. The quantitative estimate of drug-likeness (QED) is 0.621. The number of hydrogen-bond donors (Lipinski definition) is 1. The van der Waals surface area contributed by atoms with Crippen LogP contribution < -0.4 is 14.8 Å². The summed E-state index contributed by atoms with van der Waals surface area (Å²) in [5.74, 6) is 1.25. The molecule has 1 saturated heterocycles. The minimum absolute atomic E-state index is 0.0148. The van der Waals surface area contributed by atoms with Gasteiger partial charge in [-0.05, 0) is 43.4 Å². The van der Waals surface area contributed by atoms with Gasteiger partial charge in [-0.25, -0.2) is 0 Å². The largest absolute Gasteiger partial charge is 0.466 e. The molecule has 26 heavy (non-hydrogen) atoms. The minimum atomic E-state index is -0.208. The van der Waals surface area contributed by atoms with Crippen molar-refractivity contribution in [2.45, 2.75) is 46.1 Å². The van der Waals surface area contributed by atoms with Gasteiger partial charge in [-0.15, -0.1) is 0 Å². The summed E-state index contributed by atoms with van der Waals surface area (Å²) >= 11 is 0. The number of benzene rings is 1. The Morgan fingerprint density at radius 3 is 2.85 bits per heavy atom. The summed E-state index contributed by atoms with van der Waals surface area (Å²) < 4.78 is 16.3. The first kappa shape index (κ1) is 18.8. The zero-order valence-corrected chi connectivity index (χ0v) is 16.1. The predicted octanol–water partition coefficient (Wildman–Crippen LogP) is 3.64. The van der Waals surface area contributed by atoms with Crippen molar-refractivity contribution in [1.82, 2.24) is 5.32 Å². The van der Waals surface area contributed by atoms with E-state index in [0.29, 0.717) is 6.61 Å². The maximum absolute atomic E-state index is 12.8. The summed E-state index contributed by atoms with van der Waals surface area (Å²) in [6.45, 7) is 9.68. The highest BCUT2D eigenvalue weighted by Crippen LogP contribution is 2.41. The lowest BCUT2D eigenvalue weighted by molar-refractivity contribution is -0.149. The van der Waals surface area contributed by atoms with Crippen LogP contribution in [0.15, 0.2) is 30.4 Å². The highest BCUT2D eigenvalue weighted by Gasteiger charge is 2.44. The van der Waals surface area contributed by atoms with Crippen molar-refractivity contribution in [3.05, 3.63) is 35.9 Å². The molecule has 0 aliphatic carbocycles. The van der Waals surface area contributed by atoms with Gasteiger partial charge in [0.15, 0.2) is 11.5 Å². The van der Waals surface area contributed by atoms with Gasteiger partial charge in [0.1, 0.15) is 0 Å². The van der Waals surface area contributed by atoms with Gasteiger partial charge in [-0.3, -0.25) is 4.79 Å². The van der Waals surface area contributed by atoms with E-state index in [0.717, 1.165) is 30.0 Å². The van der Waals surface area contributed by atoms with Crippen molar-refractivity contribution in [3.63, 3.8) is 0 Å². The van der Waals surface area contributed by atoms with Crippen LogP contribution in [0.2, 0.25) is 0 Å². The van der Waals surface area contributed by atoms with Gasteiger partial charge < -0.3 is 19.5 Å². The first-order chi connectivity index (χ1) is 12.4. The second-order valence-electron chi connectivity index (χ2n) is 7.70. The molecule has 5 nitrogen and oxygen atoms in total. The van der Waals surface area contributed by atoms with Crippen molar-refractivity contribution < 1.29 is 19.0 Å². The van der Waals surface area contributed by atoms with Gasteiger partial charge in [0.05, 0.1) is 12.5 Å². The number of carbonyl (C=O) groups excluding carboxylic acids is 1. The Kier molecular flexibility index (Phi) is 5.56. The van der Waals surface area contributed by atoms with Crippen molar-refractivity contribution in [1.29, 1.82) is 0 Å². The molecule has 3 atom stereocenters. The number of fused-ring (bicyclic) bond motifs is 1.